The van der Waals surface area contributed by atoms with Crippen LogP contribution in [-0.4, -0.2) is 0 Å². The summed E-state index contributed by atoms with van der Waals surface area (Å²) in [6, 6.07) is 0. The molecule has 0 amide bonds. The molecule has 0 radical (unpaired) electrons. The van der Waals surface area contributed by atoms with Gasteiger partial charge in [0.25, 0.3) is 0 Å². The van der Waals surface area contributed by atoms with Gasteiger partial charge in [0.1, 0.15) is 4.34 Å². The van der Waals surface area contributed by atoms with E-state index in [0.29, 0.717) is 0 Å². The lowest BCUT2D eigenvalue weighted by Crippen LogP contribution is -2.16. The van der Waals surface area contributed by atoms with Crippen LogP contribution in [0.5, 0.6) is 0 Å². The Balaban J connectivity index is 2.86. The summed E-state index contributed by atoms with van der Waals surface area (Å²) < 4.78 is 1.95. The number of unbranched alkanes of at least 4 members (excludes halogenated alkanes) is 1. The first-order chi connectivity index (χ1) is 6.49. The zero-order chi connectivity index (χ0) is 10.8. The van der Waals surface area contributed by atoms with Crippen LogP contribution in [0.4, 0.5) is 0 Å². The predicted octanol–water partition coefficient (Wildman–Crippen LogP) is 5.63. The van der Waals surface area contributed by atoms with E-state index in [-0.39, 0.29) is 5.41 Å². The molecule has 1 aromatic rings. The first-order valence-electron chi connectivity index (χ1n) is 4.92. The summed E-state index contributed by atoms with van der Waals surface area (Å²) in [4.78, 5) is 0. The van der Waals surface area contributed by atoms with E-state index in [2.05, 4.69) is 42.1 Å². The van der Waals surface area contributed by atoms with Gasteiger partial charge in [0.05, 0.1) is 4.47 Å². The van der Waals surface area contributed by atoms with Gasteiger partial charge in [0.2, 0.25) is 0 Å². The Morgan fingerprint density at radius 1 is 1.50 bits per heavy atom. The van der Waals surface area contributed by atoms with Crippen molar-refractivity contribution in [2.45, 2.75) is 45.4 Å². The molecule has 0 fully saturated rings. The molecule has 1 heterocycles. The zero-order valence-electron chi connectivity index (χ0n) is 8.86. The third-order valence-electron chi connectivity index (χ3n) is 2.57. The second-order valence-electron chi connectivity index (χ2n) is 4.22. The third-order valence-corrected chi connectivity index (χ3v) is 5.11. The lowest BCUT2D eigenvalue weighted by atomic mass is 9.82. The maximum Gasteiger partial charge on any atom is 0.107 e. The van der Waals surface area contributed by atoms with Crippen LogP contribution in [0.2, 0.25) is 4.34 Å². The van der Waals surface area contributed by atoms with Crippen molar-refractivity contribution >= 4 is 38.9 Å². The molecule has 3 heteroatoms. The normalized spacial score (nSPS) is 12.1. The van der Waals surface area contributed by atoms with Crippen LogP contribution in [0.15, 0.2) is 9.85 Å². The van der Waals surface area contributed by atoms with E-state index in [1.54, 1.807) is 11.3 Å². The molecular weight excluding hydrogens is 280 g/mol. The summed E-state index contributed by atoms with van der Waals surface area (Å²) in [6.07, 6.45) is 3.74. The maximum absolute atomic E-state index is 6.04. The van der Waals surface area contributed by atoms with Gasteiger partial charge in [-0.3, -0.25) is 0 Å². The minimum atomic E-state index is 0.235. The zero-order valence-corrected chi connectivity index (χ0v) is 12.0. The molecule has 1 aromatic heterocycles. The van der Waals surface area contributed by atoms with E-state index >= 15 is 0 Å². The van der Waals surface area contributed by atoms with Crippen molar-refractivity contribution in [1.29, 1.82) is 0 Å². The van der Waals surface area contributed by atoms with Crippen LogP contribution in [0.1, 0.15) is 45.6 Å². The highest BCUT2D eigenvalue weighted by atomic mass is 79.9. The molecule has 1 rings (SSSR count). The van der Waals surface area contributed by atoms with Crippen molar-refractivity contribution in [3.05, 3.63) is 19.8 Å². The van der Waals surface area contributed by atoms with Crippen LogP contribution < -0.4 is 0 Å². The minimum absolute atomic E-state index is 0.235. The number of hydrogen-bond donors (Lipinski definition) is 0. The smallest absolute Gasteiger partial charge is 0.107 e. The molecule has 0 atom stereocenters. The van der Waals surface area contributed by atoms with E-state index in [1.807, 2.05) is 0 Å². The van der Waals surface area contributed by atoms with Crippen LogP contribution >= 0.6 is 38.9 Å². The van der Waals surface area contributed by atoms with Gasteiger partial charge < -0.3 is 0 Å². The van der Waals surface area contributed by atoms with Crippen LogP contribution in [0.3, 0.4) is 0 Å². The van der Waals surface area contributed by atoms with E-state index < -0.39 is 0 Å². The van der Waals surface area contributed by atoms with E-state index in [0.717, 1.165) is 8.81 Å². The van der Waals surface area contributed by atoms with Crippen molar-refractivity contribution in [2.24, 2.45) is 0 Å². The lowest BCUT2D eigenvalue weighted by molar-refractivity contribution is 0.457. The summed E-state index contributed by atoms with van der Waals surface area (Å²) in [5, 5.41) is 2.17. The quantitative estimate of drug-likeness (QED) is 0.675. The van der Waals surface area contributed by atoms with Crippen LogP contribution in [-0.2, 0) is 5.41 Å². The topological polar surface area (TPSA) is 0 Å². The molecule has 0 aliphatic heterocycles. The van der Waals surface area contributed by atoms with Gasteiger partial charge in [-0.05, 0) is 38.7 Å². The number of rotatable bonds is 4. The van der Waals surface area contributed by atoms with E-state index in [9.17, 15) is 0 Å². The molecular formula is C11H16BrClS. The molecule has 0 spiro atoms. The Labute approximate surface area is 104 Å². The fourth-order valence-electron chi connectivity index (χ4n) is 1.53. The highest BCUT2D eigenvalue weighted by Gasteiger charge is 2.24. The Kier molecular flexibility index (Phi) is 4.48. The summed E-state index contributed by atoms with van der Waals surface area (Å²) in [6.45, 7) is 6.79. The first-order valence-corrected chi connectivity index (χ1v) is 6.97. The van der Waals surface area contributed by atoms with Crippen LogP contribution in [0, 0.1) is 0 Å². The Hall–Kier alpha value is 0.470. The van der Waals surface area contributed by atoms with Gasteiger partial charge in [-0.25, -0.2) is 0 Å². The molecule has 0 aromatic carbocycles. The van der Waals surface area contributed by atoms with Gasteiger partial charge in [-0.15, -0.1) is 11.3 Å². The molecule has 0 saturated heterocycles. The van der Waals surface area contributed by atoms with Gasteiger partial charge in [-0.1, -0.05) is 45.2 Å². The Morgan fingerprint density at radius 3 is 2.57 bits per heavy atom. The van der Waals surface area contributed by atoms with Gasteiger partial charge in [-0.2, -0.15) is 0 Å². The van der Waals surface area contributed by atoms with Crippen LogP contribution in [0.25, 0.3) is 0 Å². The predicted molar refractivity (Wildman–Crippen MR) is 69.6 cm³/mol. The third kappa shape index (κ3) is 2.74. The summed E-state index contributed by atoms with van der Waals surface area (Å²) in [7, 11) is 0. The van der Waals surface area contributed by atoms with Gasteiger partial charge >= 0.3 is 0 Å². The fourth-order valence-corrected chi connectivity index (χ4v) is 3.72. The fraction of sp³-hybridized carbons (Fsp3) is 0.636. The molecule has 0 N–H and O–H groups in total. The van der Waals surface area contributed by atoms with E-state index in [1.165, 1.54) is 24.8 Å². The van der Waals surface area contributed by atoms with E-state index in [4.69, 9.17) is 11.6 Å². The van der Waals surface area contributed by atoms with Crippen molar-refractivity contribution in [3.63, 3.8) is 0 Å². The average molecular weight is 296 g/mol. The molecule has 0 aliphatic carbocycles. The molecule has 0 saturated carbocycles. The lowest BCUT2D eigenvalue weighted by Gasteiger charge is -2.24. The SMILES string of the molecule is CCCCC(C)(C)c1csc(Cl)c1Br. The Bertz CT molecular complexity index is 304. The largest absolute Gasteiger partial charge is 0.130 e. The summed E-state index contributed by atoms with van der Waals surface area (Å²) in [5.74, 6) is 0. The van der Waals surface area contributed by atoms with Crippen molar-refractivity contribution in [2.75, 3.05) is 0 Å². The van der Waals surface area contributed by atoms with Crippen molar-refractivity contribution < 1.29 is 0 Å². The number of thiophene rings is 1. The van der Waals surface area contributed by atoms with Crippen molar-refractivity contribution in [1.82, 2.24) is 0 Å². The molecule has 0 bridgehead atoms. The van der Waals surface area contributed by atoms with Gasteiger partial charge in [0, 0.05) is 0 Å². The first kappa shape index (κ1) is 12.5. The monoisotopic (exact) mass is 294 g/mol. The standard InChI is InChI=1S/C11H16BrClS/c1-4-5-6-11(2,3)8-7-14-10(13)9(8)12/h7H,4-6H2,1-3H3. The highest BCUT2D eigenvalue weighted by Crippen LogP contribution is 2.41. The average Bonchev–Trinajstić information content (AvgIpc) is 2.45. The van der Waals surface area contributed by atoms with Crippen molar-refractivity contribution in [3.8, 4) is 0 Å². The molecule has 0 unspecified atom stereocenters. The van der Waals surface area contributed by atoms with Gasteiger partial charge in [0.15, 0.2) is 0 Å². The molecule has 80 valence electrons. The molecule has 14 heavy (non-hydrogen) atoms. The summed E-state index contributed by atoms with van der Waals surface area (Å²) in [5.41, 5.74) is 1.58. The molecule has 0 nitrogen and oxygen atoms in total. The number of halogens is 2. The second-order valence-corrected chi connectivity index (χ2v) is 6.50. The molecule has 0 aliphatic rings. The number of hydrogen-bond acceptors (Lipinski definition) is 1. The summed E-state index contributed by atoms with van der Waals surface area (Å²) >= 11 is 11.2. The Morgan fingerprint density at radius 2 is 2.14 bits per heavy atom. The highest BCUT2D eigenvalue weighted by molar-refractivity contribution is 9.10. The second kappa shape index (κ2) is 5.00. The minimum Gasteiger partial charge on any atom is -0.130 e. The maximum atomic E-state index is 6.04.